The van der Waals surface area contributed by atoms with Crippen LogP contribution < -0.4 is 8.70 Å². The molecule has 4 heteroatoms. The molecule has 0 saturated heterocycles. The zero-order valence-electron chi connectivity index (χ0n) is 5.74. The zero-order chi connectivity index (χ0) is 8.43. The van der Waals surface area contributed by atoms with Gasteiger partial charge >= 0.3 is 82.0 Å². The molecule has 1 aromatic carbocycles. The van der Waals surface area contributed by atoms with Crippen molar-refractivity contribution in [3.8, 4) is 0 Å². The number of carboxylic acid groups (broad SMARTS) is 1. The Kier molecular flexibility index (Phi) is 2.81. The van der Waals surface area contributed by atoms with Crippen molar-refractivity contribution in [3.05, 3.63) is 23.8 Å². The van der Waals surface area contributed by atoms with Gasteiger partial charge in [-0.25, -0.2) is 0 Å². The standard InChI is InChI=1S/C7H8As2O2/c8-5-1-4(7(10)11)2-6(9)3-5/h1-3H,8-9H2,(H,10,11). The Morgan fingerprint density at radius 1 is 1.18 bits per heavy atom. The number of rotatable bonds is 1. The van der Waals surface area contributed by atoms with Crippen LogP contribution in [0.1, 0.15) is 10.4 Å². The van der Waals surface area contributed by atoms with E-state index < -0.39 is 5.97 Å². The van der Waals surface area contributed by atoms with E-state index in [9.17, 15) is 4.79 Å². The first-order valence-electron chi connectivity index (χ1n) is 2.99. The second-order valence-corrected chi connectivity index (χ2v) is 4.99. The van der Waals surface area contributed by atoms with Crippen LogP contribution in [0.25, 0.3) is 0 Å². The summed E-state index contributed by atoms with van der Waals surface area (Å²) >= 11 is 2.91. The molecule has 0 radical (unpaired) electrons. The summed E-state index contributed by atoms with van der Waals surface area (Å²) in [6, 6.07) is 5.41. The Balaban J connectivity index is 3.19. The molecule has 0 saturated carbocycles. The predicted octanol–water partition coefficient (Wildman–Crippen LogP) is -2.10. The van der Waals surface area contributed by atoms with Crippen molar-refractivity contribution in [1.29, 1.82) is 0 Å². The van der Waals surface area contributed by atoms with Gasteiger partial charge < -0.3 is 0 Å². The van der Waals surface area contributed by atoms with Crippen LogP contribution in [0, 0.1) is 0 Å². The van der Waals surface area contributed by atoms with Crippen LogP contribution in [0.15, 0.2) is 18.2 Å². The number of hydrogen-bond donors (Lipinski definition) is 1. The molecule has 0 aromatic heterocycles. The minimum absolute atomic E-state index is 0.395. The summed E-state index contributed by atoms with van der Waals surface area (Å²) in [4.78, 5) is 10.5. The molecule has 0 spiro atoms. The minimum atomic E-state index is -0.844. The third-order valence-corrected chi connectivity index (χ3v) is 2.62. The number of carboxylic acids is 1. The van der Waals surface area contributed by atoms with E-state index in [4.69, 9.17) is 5.11 Å². The van der Waals surface area contributed by atoms with Gasteiger partial charge in [0.2, 0.25) is 0 Å². The van der Waals surface area contributed by atoms with Gasteiger partial charge in [-0.3, -0.25) is 0 Å². The van der Waals surface area contributed by atoms with Crippen LogP contribution in [-0.2, 0) is 0 Å². The monoisotopic (exact) mass is 274 g/mol. The summed E-state index contributed by atoms with van der Waals surface area (Å²) in [5.74, 6) is -0.844. The Morgan fingerprint density at radius 2 is 1.64 bits per heavy atom. The Morgan fingerprint density at radius 3 is 2.00 bits per heavy atom. The van der Waals surface area contributed by atoms with Gasteiger partial charge in [0.1, 0.15) is 0 Å². The van der Waals surface area contributed by atoms with Crippen molar-refractivity contribution in [2.24, 2.45) is 0 Å². The first kappa shape index (κ1) is 8.90. The van der Waals surface area contributed by atoms with Crippen molar-refractivity contribution in [1.82, 2.24) is 0 Å². The normalized spacial score (nSPS) is 9.64. The molecule has 0 aliphatic carbocycles. The summed E-state index contributed by atoms with van der Waals surface area (Å²) in [5.41, 5.74) is 0.395. The molecule has 0 amide bonds. The Bertz CT molecular complexity index is 276. The molecule has 0 bridgehead atoms. The van der Waals surface area contributed by atoms with Gasteiger partial charge in [0.05, 0.1) is 0 Å². The summed E-state index contributed by atoms with van der Waals surface area (Å²) in [6.07, 6.45) is 0. The topological polar surface area (TPSA) is 37.3 Å². The fourth-order valence-electron chi connectivity index (χ4n) is 0.800. The van der Waals surface area contributed by atoms with Gasteiger partial charge in [-0.15, -0.1) is 0 Å². The van der Waals surface area contributed by atoms with Gasteiger partial charge in [-0.2, -0.15) is 0 Å². The quantitative estimate of drug-likeness (QED) is 0.596. The van der Waals surface area contributed by atoms with Crippen LogP contribution in [0.3, 0.4) is 0 Å². The van der Waals surface area contributed by atoms with Crippen molar-refractivity contribution in [2.45, 2.75) is 0 Å². The SMILES string of the molecule is O=C(O)c1cc([AsH2])cc([AsH2])c1. The molecular weight excluding hydrogens is 266 g/mol. The molecule has 1 rings (SSSR count). The summed E-state index contributed by atoms with van der Waals surface area (Å²) in [6.45, 7) is 0. The summed E-state index contributed by atoms with van der Waals surface area (Å²) < 4.78 is 2.13. The number of aromatic carboxylic acids is 1. The maximum absolute atomic E-state index is 10.5. The molecule has 58 valence electrons. The molecule has 2 atom stereocenters. The molecule has 1 aromatic rings. The van der Waals surface area contributed by atoms with Crippen molar-refractivity contribution < 1.29 is 9.90 Å². The van der Waals surface area contributed by atoms with E-state index >= 15 is 0 Å². The second kappa shape index (κ2) is 3.47. The molecule has 11 heavy (non-hydrogen) atoms. The van der Waals surface area contributed by atoms with Crippen molar-refractivity contribution >= 4 is 48.4 Å². The van der Waals surface area contributed by atoms with Crippen LogP contribution in [0.5, 0.6) is 0 Å². The van der Waals surface area contributed by atoms with E-state index in [1.165, 1.54) is 33.7 Å². The van der Waals surface area contributed by atoms with E-state index in [1.807, 2.05) is 6.07 Å². The van der Waals surface area contributed by atoms with E-state index in [0.717, 1.165) is 8.70 Å². The van der Waals surface area contributed by atoms with E-state index in [1.54, 1.807) is 12.1 Å². The molecule has 0 aliphatic heterocycles. The van der Waals surface area contributed by atoms with Gasteiger partial charge in [-0.1, -0.05) is 0 Å². The first-order valence-corrected chi connectivity index (χ1v) is 5.41. The van der Waals surface area contributed by atoms with Gasteiger partial charge in [-0.05, 0) is 0 Å². The molecule has 1 N–H and O–H groups in total. The molecule has 2 unspecified atom stereocenters. The maximum atomic E-state index is 10.5. The third-order valence-electron chi connectivity index (χ3n) is 1.22. The van der Waals surface area contributed by atoms with E-state index in [-0.39, 0.29) is 0 Å². The van der Waals surface area contributed by atoms with Crippen LogP contribution in [0.4, 0.5) is 0 Å². The molecule has 0 heterocycles. The second-order valence-electron chi connectivity index (χ2n) is 2.19. The molecule has 0 aliphatic rings. The molecule has 0 fully saturated rings. The van der Waals surface area contributed by atoms with Gasteiger partial charge in [0, 0.05) is 0 Å². The molecule has 2 nitrogen and oxygen atoms in total. The van der Waals surface area contributed by atoms with E-state index in [0.29, 0.717) is 5.56 Å². The van der Waals surface area contributed by atoms with Gasteiger partial charge in [0.15, 0.2) is 0 Å². The van der Waals surface area contributed by atoms with E-state index in [2.05, 4.69) is 0 Å². The number of carbonyl (C=O) groups is 1. The summed E-state index contributed by atoms with van der Waals surface area (Å²) in [5, 5.41) is 8.65. The summed E-state index contributed by atoms with van der Waals surface area (Å²) in [7, 11) is 0. The zero-order valence-corrected chi connectivity index (χ0v) is 10.6. The number of hydrogen-bond acceptors (Lipinski definition) is 1. The fourth-order valence-corrected chi connectivity index (χ4v) is 3.21. The fraction of sp³-hybridized carbons (Fsp3) is 0. The van der Waals surface area contributed by atoms with Crippen LogP contribution in [0.2, 0.25) is 0 Å². The average molecular weight is 274 g/mol. The average Bonchev–Trinajstić information content (AvgIpc) is 1.85. The third kappa shape index (κ3) is 2.39. The number of benzene rings is 1. The van der Waals surface area contributed by atoms with Crippen LogP contribution >= 0.6 is 0 Å². The Labute approximate surface area is 82.0 Å². The first-order chi connectivity index (χ1) is 5.09. The molecular formula is C7H8As2O2. The van der Waals surface area contributed by atoms with Crippen molar-refractivity contribution in [2.75, 3.05) is 0 Å². The Hall–Kier alpha value is -0.193. The van der Waals surface area contributed by atoms with Gasteiger partial charge in [0.25, 0.3) is 0 Å². The predicted molar refractivity (Wildman–Crippen MR) is 49.8 cm³/mol. The van der Waals surface area contributed by atoms with Crippen LogP contribution in [-0.4, -0.2) is 44.8 Å². The van der Waals surface area contributed by atoms with Crippen molar-refractivity contribution in [3.63, 3.8) is 0 Å².